The number of carboxylic acid groups (broad SMARTS) is 1. The van der Waals surface area contributed by atoms with Crippen LogP contribution in [0.1, 0.15) is 30.9 Å². The van der Waals surface area contributed by atoms with Crippen molar-refractivity contribution >= 4 is 5.97 Å². The van der Waals surface area contributed by atoms with Crippen molar-refractivity contribution in [3.8, 4) is 0 Å². The maximum atomic E-state index is 10.8. The maximum Gasteiger partial charge on any atom is 0.326 e. The molecule has 5 heteroatoms. The Morgan fingerprint density at radius 3 is 3.20 bits per heavy atom. The van der Waals surface area contributed by atoms with Gasteiger partial charge < -0.3 is 15.4 Å². The van der Waals surface area contributed by atoms with Crippen molar-refractivity contribution in [2.24, 2.45) is 11.7 Å². The predicted molar refractivity (Wildman–Crippen MR) is 54.3 cm³/mol. The van der Waals surface area contributed by atoms with E-state index in [9.17, 15) is 4.79 Å². The third-order valence-electron chi connectivity index (χ3n) is 2.91. The van der Waals surface area contributed by atoms with Crippen LogP contribution in [0.3, 0.4) is 0 Å². The molecule has 0 aliphatic carbocycles. The normalized spacial score (nSPS) is 22.1. The van der Waals surface area contributed by atoms with Gasteiger partial charge in [-0.25, -0.2) is 4.98 Å². The van der Waals surface area contributed by atoms with E-state index in [1.165, 1.54) is 0 Å². The summed E-state index contributed by atoms with van der Waals surface area (Å²) in [5.41, 5.74) is 6.21. The van der Waals surface area contributed by atoms with Crippen molar-refractivity contribution in [1.82, 2.24) is 9.55 Å². The first-order valence-corrected chi connectivity index (χ1v) is 5.12. The number of nitrogens with zero attached hydrogens (tertiary/aromatic N) is 2. The van der Waals surface area contributed by atoms with Crippen LogP contribution in [0.15, 0.2) is 6.20 Å². The number of carbonyl (C=O) groups is 1. The van der Waals surface area contributed by atoms with Gasteiger partial charge in [0.15, 0.2) is 0 Å². The summed E-state index contributed by atoms with van der Waals surface area (Å²) in [5, 5.41) is 8.86. The molecule has 0 fully saturated rings. The van der Waals surface area contributed by atoms with Crippen molar-refractivity contribution < 1.29 is 9.90 Å². The Hall–Kier alpha value is -1.36. The van der Waals surface area contributed by atoms with E-state index in [4.69, 9.17) is 10.8 Å². The topological polar surface area (TPSA) is 81.1 Å². The molecule has 82 valence electrons. The van der Waals surface area contributed by atoms with Crippen LogP contribution in [0.4, 0.5) is 0 Å². The molecule has 2 rings (SSSR count). The molecule has 1 aliphatic heterocycles. The summed E-state index contributed by atoms with van der Waals surface area (Å²) >= 11 is 0. The molecule has 2 heterocycles. The van der Waals surface area contributed by atoms with Gasteiger partial charge in [0.1, 0.15) is 11.9 Å². The molecule has 3 N–H and O–H groups in total. The van der Waals surface area contributed by atoms with Crippen LogP contribution in [0.2, 0.25) is 0 Å². The highest BCUT2D eigenvalue weighted by Gasteiger charge is 2.24. The van der Waals surface area contributed by atoms with Crippen LogP contribution in [-0.2, 0) is 17.8 Å². The molecular weight excluding hydrogens is 194 g/mol. The van der Waals surface area contributed by atoms with Gasteiger partial charge in [0.05, 0.1) is 11.9 Å². The van der Waals surface area contributed by atoms with Gasteiger partial charge in [-0.15, -0.1) is 0 Å². The van der Waals surface area contributed by atoms with Crippen LogP contribution in [0.5, 0.6) is 0 Å². The molecule has 0 spiro atoms. The number of hydrogen-bond donors (Lipinski definition) is 2. The lowest BCUT2D eigenvalue weighted by Gasteiger charge is -2.23. The molecule has 15 heavy (non-hydrogen) atoms. The minimum atomic E-state index is -1.00. The van der Waals surface area contributed by atoms with Crippen LogP contribution in [-0.4, -0.2) is 20.6 Å². The molecule has 0 saturated heterocycles. The Labute approximate surface area is 87.9 Å². The standard InChI is InChI=1S/C10H15N3O2/c1-6-2-3-8-12-4-7(13(8)5-6)9(11)10(14)15/h4,6,9H,2-3,5,11H2,1H3,(H,14,15). The van der Waals surface area contributed by atoms with E-state index in [1.807, 2.05) is 4.57 Å². The Morgan fingerprint density at radius 1 is 1.80 bits per heavy atom. The second-order valence-electron chi connectivity index (χ2n) is 4.17. The zero-order valence-corrected chi connectivity index (χ0v) is 8.68. The molecule has 1 aliphatic rings. The first-order valence-electron chi connectivity index (χ1n) is 5.12. The molecule has 1 aromatic rings. The van der Waals surface area contributed by atoms with Crippen molar-refractivity contribution in [1.29, 1.82) is 0 Å². The fourth-order valence-electron chi connectivity index (χ4n) is 1.99. The van der Waals surface area contributed by atoms with Gasteiger partial charge in [0.25, 0.3) is 0 Å². The van der Waals surface area contributed by atoms with E-state index in [2.05, 4.69) is 11.9 Å². The first kappa shape index (κ1) is 10.2. The van der Waals surface area contributed by atoms with E-state index in [1.54, 1.807) is 6.20 Å². The van der Waals surface area contributed by atoms with Crippen LogP contribution in [0, 0.1) is 5.92 Å². The number of nitrogens with two attached hydrogens (primary N) is 1. The number of fused-ring (bicyclic) bond motifs is 1. The lowest BCUT2D eigenvalue weighted by molar-refractivity contribution is -0.138. The minimum Gasteiger partial charge on any atom is -0.480 e. The highest BCUT2D eigenvalue weighted by atomic mass is 16.4. The zero-order valence-electron chi connectivity index (χ0n) is 8.68. The summed E-state index contributed by atoms with van der Waals surface area (Å²) in [5.74, 6) is 0.516. The molecule has 2 unspecified atom stereocenters. The van der Waals surface area contributed by atoms with Gasteiger partial charge in [-0.3, -0.25) is 4.79 Å². The van der Waals surface area contributed by atoms with Crippen molar-refractivity contribution in [3.05, 3.63) is 17.7 Å². The van der Waals surface area contributed by atoms with Gasteiger partial charge in [-0.2, -0.15) is 0 Å². The van der Waals surface area contributed by atoms with E-state index in [0.717, 1.165) is 25.2 Å². The van der Waals surface area contributed by atoms with E-state index < -0.39 is 12.0 Å². The number of hydrogen-bond acceptors (Lipinski definition) is 3. The van der Waals surface area contributed by atoms with Crippen molar-refractivity contribution in [2.45, 2.75) is 32.4 Å². The molecular formula is C10H15N3O2. The average molecular weight is 209 g/mol. The molecule has 1 aromatic heterocycles. The minimum absolute atomic E-state index is 0.562. The largest absolute Gasteiger partial charge is 0.480 e. The van der Waals surface area contributed by atoms with Crippen molar-refractivity contribution in [2.75, 3.05) is 0 Å². The molecule has 0 radical (unpaired) electrons. The Bertz CT molecular complexity index is 386. The second kappa shape index (κ2) is 3.66. The Morgan fingerprint density at radius 2 is 2.53 bits per heavy atom. The van der Waals surface area contributed by atoms with Crippen molar-refractivity contribution in [3.63, 3.8) is 0 Å². The van der Waals surface area contributed by atoms with Crippen LogP contribution >= 0.6 is 0 Å². The summed E-state index contributed by atoms with van der Waals surface area (Å²) in [6.45, 7) is 2.98. The van der Waals surface area contributed by atoms with E-state index in [0.29, 0.717) is 11.6 Å². The molecule has 0 bridgehead atoms. The van der Waals surface area contributed by atoms with Crippen LogP contribution in [0.25, 0.3) is 0 Å². The maximum absolute atomic E-state index is 10.8. The van der Waals surface area contributed by atoms with Crippen LogP contribution < -0.4 is 5.73 Å². The summed E-state index contributed by atoms with van der Waals surface area (Å²) in [4.78, 5) is 15.0. The molecule has 0 saturated carbocycles. The summed E-state index contributed by atoms with van der Waals surface area (Å²) in [7, 11) is 0. The third-order valence-corrected chi connectivity index (χ3v) is 2.91. The molecule has 2 atom stereocenters. The lowest BCUT2D eigenvalue weighted by Crippen LogP contribution is -2.27. The fraction of sp³-hybridized carbons (Fsp3) is 0.600. The molecule has 0 amide bonds. The zero-order chi connectivity index (χ0) is 11.0. The molecule has 0 aromatic carbocycles. The van der Waals surface area contributed by atoms with E-state index >= 15 is 0 Å². The Kier molecular flexibility index (Phi) is 2.48. The molecule has 5 nitrogen and oxygen atoms in total. The monoisotopic (exact) mass is 209 g/mol. The second-order valence-corrected chi connectivity index (χ2v) is 4.17. The Balaban J connectivity index is 2.34. The summed E-state index contributed by atoms with van der Waals surface area (Å²) in [6.07, 6.45) is 3.61. The number of aromatic nitrogens is 2. The number of rotatable bonds is 2. The van der Waals surface area contributed by atoms with E-state index in [-0.39, 0.29) is 0 Å². The van der Waals surface area contributed by atoms with Gasteiger partial charge in [0, 0.05) is 13.0 Å². The predicted octanol–water partition coefficient (Wildman–Crippen LogP) is 0.550. The average Bonchev–Trinajstić information content (AvgIpc) is 2.59. The van der Waals surface area contributed by atoms with Gasteiger partial charge in [-0.05, 0) is 12.3 Å². The van der Waals surface area contributed by atoms with Gasteiger partial charge in [-0.1, -0.05) is 6.92 Å². The fourth-order valence-corrected chi connectivity index (χ4v) is 1.99. The third kappa shape index (κ3) is 1.74. The SMILES string of the molecule is CC1CCc2ncc(C(N)C(=O)O)n2C1. The number of carboxylic acids is 1. The highest BCUT2D eigenvalue weighted by Crippen LogP contribution is 2.23. The number of imidazole rings is 1. The van der Waals surface area contributed by atoms with Gasteiger partial charge >= 0.3 is 5.97 Å². The number of aryl methyl sites for hydroxylation is 1. The number of aliphatic carboxylic acids is 1. The lowest BCUT2D eigenvalue weighted by atomic mass is 10.0. The quantitative estimate of drug-likeness (QED) is 0.745. The smallest absolute Gasteiger partial charge is 0.326 e. The summed E-state index contributed by atoms with van der Waals surface area (Å²) < 4.78 is 1.95. The first-order chi connectivity index (χ1) is 7.09. The summed E-state index contributed by atoms with van der Waals surface area (Å²) in [6, 6.07) is -0.962. The van der Waals surface area contributed by atoms with Gasteiger partial charge in [0.2, 0.25) is 0 Å². The highest BCUT2D eigenvalue weighted by molar-refractivity contribution is 5.74.